The van der Waals surface area contributed by atoms with Gasteiger partial charge in [0.1, 0.15) is 5.75 Å². The highest BCUT2D eigenvalue weighted by molar-refractivity contribution is 5.95. The fourth-order valence-corrected chi connectivity index (χ4v) is 1.30. The van der Waals surface area contributed by atoms with Crippen LogP contribution in [-0.4, -0.2) is 45.0 Å². The maximum atomic E-state index is 9.51. The van der Waals surface area contributed by atoms with Gasteiger partial charge in [-0.1, -0.05) is 6.92 Å². The molecule has 4 N–H and O–H groups in total. The Morgan fingerprint density at radius 1 is 1.32 bits per heavy atom. The van der Waals surface area contributed by atoms with Gasteiger partial charge in [-0.3, -0.25) is 0 Å². The standard InChI is InChI=1S/C9H11NO.C3H4O5/c1-2-5-11-9-6-7-3-4-8(9)10-7;4-1(2(5)6)3(7)8/h3-4,6,10H,2,5H2,1H3;1,4H,(H,5,6)(H,7,8). The van der Waals surface area contributed by atoms with Crippen molar-refractivity contribution in [1.82, 2.24) is 4.98 Å². The Morgan fingerprint density at radius 3 is 2.26 bits per heavy atom. The van der Waals surface area contributed by atoms with Crippen LogP contribution in [0.25, 0.3) is 11.0 Å². The molecule has 2 bridgehead atoms. The molecular formula is C12H15NO6. The number of aliphatic carboxylic acids is 2. The lowest BCUT2D eigenvalue weighted by Crippen LogP contribution is -2.28. The molecule has 0 aliphatic carbocycles. The molecule has 0 fully saturated rings. The Balaban J connectivity index is 0.000000203. The van der Waals surface area contributed by atoms with E-state index in [0.717, 1.165) is 29.8 Å². The number of carboxylic acid groups (broad SMARTS) is 2. The number of carbonyl (C=O) groups is 2. The van der Waals surface area contributed by atoms with Crippen LogP contribution in [-0.2, 0) is 9.59 Å². The van der Waals surface area contributed by atoms with Gasteiger partial charge in [0.15, 0.2) is 0 Å². The molecule has 0 saturated heterocycles. The maximum Gasteiger partial charge on any atom is 0.344 e. The van der Waals surface area contributed by atoms with E-state index in [2.05, 4.69) is 11.9 Å². The van der Waals surface area contributed by atoms with Gasteiger partial charge in [-0.2, -0.15) is 0 Å². The van der Waals surface area contributed by atoms with Crippen LogP contribution in [0, 0.1) is 0 Å². The van der Waals surface area contributed by atoms with Crippen molar-refractivity contribution in [3.8, 4) is 5.75 Å². The summed E-state index contributed by atoms with van der Waals surface area (Å²) in [6.45, 7) is 2.91. The highest BCUT2D eigenvalue weighted by atomic mass is 16.5. The number of aromatic nitrogens is 1. The minimum atomic E-state index is -2.30. The number of aliphatic hydroxyl groups excluding tert-OH is 1. The molecule has 7 heteroatoms. The zero-order valence-corrected chi connectivity index (χ0v) is 10.3. The number of benzene rings is 1. The molecular weight excluding hydrogens is 254 g/mol. The lowest BCUT2D eigenvalue weighted by Gasteiger charge is -2.00. The van der Waals surface area contributed by atoms with E-state index < -0.39 is 18.0 Å². The average Bonchev–Trinajstić information content (AvgIpc) is 2.97. The average molecular weight is 269 g/mol. The Hall–Kier alpha value is -2.28. The van der Waals surface area contributed by atoms with E-state index in [1.54, 1.807) is 0 Å². The number of ether oxygens (including phenoxy) is 1. The Bertz CT molecular complexity index is 520. The predicted molar refractivity (Wildman–Crippen MR) is 66.5 cm³/mol. The second-order valence-electron chi connectivity index (χ2n) is 3.76. The first-order chi connectivity index (χ1) is 8.95. The molecule has 2 aromatic heterocycles. The quantitative estimate of drug-likeness (QED) is 0.599. The molecule has 0 amide bonds. The first-order valence-corrected chi connectivity index (χ1v) is 5.63. The zero-order valence-electron chi connectivity index (χ0n) is 10.3. The van der Waals surface area contributed by atoms with Crippen LogP contribution in [0.4, 0.5) is 0 Å². The van der Waals surface area contributed by atoms with Gasteiger partial charge in [0, 0.05) is 11.6 Å². The number of aromatic amines is 1. The number of aliphatic hydroxyl groups is 1. The van der Waals surface area contributed by atoms with Crippen molar-refractivity contribution in [2.24, 2.45) is 0 Å². The molecule has 0 aromatic carbocycles. The number of fused-ring (bicyclic) bond motifs is 2. The first kappa shape index (κ1) is 14.8. The minimum absolute atomic E-state index is 0.804. The van der Waals surface area contributed by atoms with Gasteiger partial charge in [0.2, 0.25) is 6.10 Å². The molecule has 0 unspecified atom stereocenters. The van der Waals surface area contributed by atoms with Crippen LogP contribution in [0.3, 0.4) is 0 Å². The Morgan fingerprint density at radius 2 is 1.95 bits per heavy atom. The number of H-pyrrole nitrogens is 1. The zero-order chi connectivity index (χ0) is 14.4. The predicted octanol–water partition coefficient (Wildman–Crippen LogP) is 0.911. The van der Waals surface area contributed by atoms with E-state index in [1.165, 1.54) is 0 Å². The SMILES string of the molecule is CCCOc1cc2ccc1[nH]2.O=C(O)C(O)C(=O)O. The summed E-state index contributed by atoms with van der Waals surface area (Å²) in [4.78, 5) is 22.2. The number of rotatable bonds is 5. The summed E-state index contributed by atoms with van der Waals surface area (Å²) in [6, 6.07) is 6.12. The van der Waals surface area contributed by atoms with Crippen LogP contribution in [0.2, 0.25) is 0 Å². The first-order valence-electron chi connectivity index (χ1n) is 5.63. The van der Waals surface area contributed by atoms with Crippen molar-refractivity contribution < 1.29 is 29.6 Å². The molecule has 0 aliphatic heterocycles. The molecule has 0 saturated carbocycles. The highest BCUT2D eigenvalue weighted by Gasteiger charge is 2.20. The number of nitrogens with one attached hydrogen (secondary N) is 1. The fourth-order valence-electron chi connectivity index (χ4n) is 1.30. The van der Waals surface area contributed by atoms with Crippen LogP contribution in [0.5, 0.6) is 5.75 Å². The lowest BCUT2D eigenvalue weighted by molar-refractivity contribution is -0.160. The maximum absolute atomic E-state index is 9.51. The van der Waals surface area contributed by atoms with Crippen LogP contribution in [0.15, 0.2) is 18.2 Å². The van der Waals surface area contributed by atoms with Crippen molar-refractivity contribution >= 4 is 23.0 Å². The van der Waals surface area contributed by atoms with Gasteiger partial charge in [-0.25, -0.2) is 9.59 Å². The summed E-state index contributed by atoms with van der Waals surface area (Å²) in [6.07, 6.45) is -1.24. The normalized spacial score (nSPS) is 10.3. The molecule has 2 rings (SSSR count). The van der Waals surface area contributed by atoms with Crippen LogP contribution < -0.4 is 4.74 Å². The third-order valence-corrected chi connectivity index (χ3v) is 2.19. The monoisotopic (exact) mass is 269 g/mol. The van der Waals surface area contributed by atoms with E-state index in [9.17, 15) is 9.59 Å². The van der Waals surface area contributed by atoms with E-state index in [4.69, 9.17) is 20.1 Å². The van der Waals surface area contributed by atoms with Crippen molar-refractivity contribution in [1.29, 1.82) is 0 Å². The number of hydrogen-bond donors (Lipinski definition) is 4. The minimum Gasteiger partial charge on any atom is -0.491 e. The summed E-state index contributed by atoms with van der Waals surface area (Å²) in [5.74, 6) is -2.51. The van der Waals surface area contributed by atoms with E-state index in [1.807, 2.05) is 18.2 Å². The summed E-state index contributed by atoms with van der Waals surface area (Å²) in [5, 5.41) is 23.4. The summed E-state index contributed by atoms with van der Waals surface area (Å²) in [5.41, 5.74) is 2.25. The second kappa shape index (κ2) is 6.60. The molecule has 0 aliphatic rings. The lowest BCUT2D eigenvalue weighted by atomic mass is 10.3. The smallest absolute Gasteiger partial charge is 0.344 e. The van der Waals surface area contributed by atoms with Crippen molar-refractivity contribution in [3.05, 3.63) is 18.2 Å². The van der Waals surface area contributed by atoms with Gasteiger partial charge < -0.3 is 25.0 Å². The van der Waals surface area contributed by atoms with E-state index in [0.29, 0.717) is 0 Å². The van der Waals surface area contributed by atoms with Crippen molar-refractivity contribution in [2.45, 2.75) is 19.4 Å². The molecule has 19 heavy (non-hydrogen) atoms. The Labute approximate surface area is 108 Å². The van der Waals surface area contributed by atoms with E-state index in [-0.39, 0.29) is 0 Å². The topological polar surface area (TPSA) is 120 Å². The van der Waals surface area contributed by atoms with Gasteiger partial charge in [-0.05, 0) is 18.6 Å². The fraction of sp³-hybridized carbons (Fsp3) is 0.333. The van der Waals surface area contributed by atoms with Gasteiger partial charge in [-0.15, -0.1) is 0 Å². The molecule has 104 valence electrons. The van der Waals surface area contributed by atoms with Crippen molar-refractivity contribution in [3.63, 3.8) is 0 Å². The van der Waals surface area contributed by atoms with Gasteiger partial charge in [0.25, 0.3) is 0 Å². The molecule has 2 heterocycles. The second-order valence-corrected chi connectivity index (χ2v) is 3.76. The van der Waals surface area contributed by atoms with Gasteiger partial charge in [0.05, 0.1) is 12.1 Å². The highest BCUT2D eigenvalue weighted by Crippen LogP contribution is 2.24. The third-order valence-electron chi connectivity index (χ3n) is 2.19. The molecule has 0 radical (unpaired) electrons. The third kappa shape index (κ3) is 4.14. The number of carboxylic acids is 2. The molecule has 0 atom stereocenters. The van der Waals surface area contributed by atoms with Gasteiger partial charge >= 0.3 is 11.9 Å². The Kier molecular flexibility index (Phi) is 5.13. The summed E-state index contributed by atoms with van der Waals surface area (Å²) in [7, 11) is 0. The molecule has 2 aromatic rings. The number of hydrogen-bond acceptors (Lipinski definition) is 4. The largest absolute Gasteiger partial charge is 0.491 e. The summed E-state index contributed by atoms with van der Waals surface area (Å²) >= 11 is 0. The molecule has 7 nitrogen and oxygen atoms in total. The van der Waals surface area contributed by atoms with Crippen molar-refractivity contribution in [2.75, 3.05) is 6.61 Å². The van der Waals surface area contributed by atoms with Crippen LogP contribution in [0.1, 0.15) is 13.3 Å². The van der Waals surface area contributed by atoms with E-state index >= 15 is 0 Å². The summed E-state index contributed by atoms with van der Waals surface area (Å²) < 4.78 is 5.48. The molecule has 0 spiro atoms. The van der Waals surface area contributed by atoms with Crippen LogP contribution >= 0.6 is 0 Å².